The van der Waals surface area contributed by atoms with Gasteiger partial charge in [0.25, 0.3) is 0 Å². The predicted octanol–water partition coefficient (Wildman–Crippen LogP) is 4.02. The lowest BCUT2D eigenvalue weighted by atomic mass is 10.1. The van der Waals surface area contributed by atoms with Crippen LogP contribution < -0.4 is 0 Å². The van der Waals surface area contributed by atoms with Gasteiger partial charge in [0, 0.05) is 12.1 Å². The molecule has 0 N–H and O–H groups in total. The zero-order chi connectivity index (χ0) is 14.4. The Bertz CT molecular complexity index is 531. The van der Waals surface area contributed by atoms with E-state index >= 15 is 0 Å². The van der Waals surface area contributed by atoms with Crippen LogP contribution in [0.3, 0.4) is 0 Å². The maximum Gasteiger partial charge on any atom is 0.176 e. The molecule has 0 fully saturated rings. The van der Waals surface area contributed by atoms with Crippen molar-refractivity contribution in [3.63, 3.8) is 0 Å². The summed E-state index contributed by atoms with van der Waals surface area (Å²) in [5, 5.41) is 4.19. The van der Waals surface area contributed by atoms with Crippen molar-refractivity contribution in [1.82, 2.24) is 4.90 Å². The number of rotatable bonds is 7. The highest BCUT2D eigenvalue weighted by Crippen LogP contribution is 2.11. The van der Waals surface area contributed by atoms with Gasteiger partial charge >= 0.3 is 0 Å². The van der Waals surface area contributed by atoms with Crippen LogP contribution in [-0.4, -0.2) is 24.3 Å². The second-order valence-electron chi connectivity index (χ2n) is 5.17. The summed E-state index contributed by atoms with van der Waals surface area (Å²) in [5.74, 6) is 0.186. The van der Waals surface area contributed by atoms with E-state index in [2.05, 4.69) is 40.8 Å². The molecule has 1 heterocycles. The average Bonchev–Trinajstić information content (AvgIpc) is 2.92. The van der Waals surface area contributed by atoms with Crippen LogP contribution in [0.5, 0.6) is 0 Å². The van der Waals surface area contributed by atoms with E-state index in [0.717, 1.165) is 24.9 Å². The molecule has 0 spiro atoms. The van der Waals surface area contributed by atoms with Gasteiger partial charge in [-0.1, -0.05) is 37.6 Å². The van der Waals surface area contributed by atoms with Crippen molar-refractivity contribution in [3.05, 3.63) is 57.8 Å². The lowest BCUT2D eigenvalue weighted by Gasteiger charge is -2.15. The predicted molar refractivity (Wildman–Crippen MR) is 85.4 cm³/mol. The average molecular weight is 287 g/mol. The maximum absolute atomic E-state index is 12.2. The van der Waals surface area contributed by atoms with Gasteiger partial charge in [-0.3, -0.25) is 9.69 Å². The van der Waals surface area contributed by atoms with E-state index in [9.17, 15) is 4.79 Å². The SMILES string of the molecule is CCCc1ccc(C(=O)CN(C)Cc2ccsc2)cc1. The zero-order valence-electron chi connectivity index (χ0n) is 12.1. The molecular formula is C17H21NOS. The van der Waals surface area contributed by atoms with Gasteiger partial charge in [0.1, 0.15) is 0 Å². The molecule has 1 aromatic carbocycles. The molecule has 2 nitrogen and oxygen atoms in total. The Balaban J connectivity index is 1.90. The minimum Gasteiger partial charge on any atom is -0.295 e. The molecule has 0 aliphatic rings. The third-order valence-electron chi connectivity index (χ3n) is 3.26. The summed E-state index contributed by atoms with van der Waals surface area (Å²) in [7, 11) is 1.99. The lowest BCUT2D eigenvalue weighted by molar-refractivity contribution is 0.0943. The third-order valence-corrected chi connectivity index (χ3v) is 3.99. The molecule has 0 amide bonds. The number of nitrogens with zero attached hydrogens (tertiary/aromatic N) is 1. The molecule has 0 aliphatic carbocycles. The number of likely N-dealkylation sites (N-methyl/N-ethyl adjacent to an activating group) is 1. The summed E-state index contributed by atoms with van der Waals surface area (Å²) in [4.78, 5) is 14.3. The van der Waals surface area contributed by atoms with E-state index in [4.69, 9.17) is 0 Å². The third kappa shape index (κ3) is 4.29. The van der Waals surface area contributed by atoms with Crippen molar-refractivity contribution >= 4 is 17.1 Å². The number of hydrogen-bond acceptors (Lipinski definition) is 3. The van der Waals surface area contributed by atoms with Gasteiger partial charge in [0.2, 0.25) is 0 Å². The van der Waals surface area contributed by atoms with E-state index in [0.29, 0.717) is 6.54 Å². The van der Waals surface area contributed by atoms with Crippen LogP contribution in [0.2, 0.25) is 0 Å². The molecule has 0 atom stereocenters. The Kier molecular flexibility index (Phi) is 5.50. The highest BCUT2D eigenvalue weighted by molar-refractivity contribution is 7.07. The molecule has 0 unspecified atom stereocenters. The summed E-state index contributed by atoms with van der Waals surface area (Å²) >= 11 is 1.69. The van der Waals surface area contributed by atoms with Crippen molar-refractivity contribution in [2.24, 2.45) is 0 Å². The fourth-order valence-electron chi connectivity index (χ4n) is 2.23. The highest BCUT2D eigenvalue weighted by atomic mass is 32.1. The maximum atomic E-state index is 12.2. The standard InChI is InChI=1S/C17H21NOS/c1-3-4-14-5-7-16(8-6-14)17(19)12-18(2)11-15-9-10-20-13-15/h5-10,13H,3-4,11-12H2,1-2H3. The molecule has 0 radical (unpaired) electrons. The van der Waals surface area contributed by atoms with E-state index < -0.39 is 0 Å². The van der Waals surface area contributed by atoms with E-state index in [1.165, 1.54) is 11.1 Å². The van der Waals surface area contributed by atoms with Crippen molar-refractivity contribution in [3.8, 4) is 0 Å². The molecule has 2 aromatic rings. The van der Waals surface area contributed by atoms with Gasteiger partial charge in [-0.05, 0) is 41.4 Å². The first-order chi connectivity index (χ1) is 9.69. The highest BCUT2D eigenvalue weighted by Gasteiger charge is 2.10. The van der Waals surface area contributed by atoms with Crippen LogP contribution in [0, 0.1) is 0 Å². The van der Waals surface area contributed by atoms with Crippen molar-refractivity contribution in [2.45, 2.75) is 26.3 Å². The molecule has 0 aliphatic heterocycles. The van der Waals surface area contributed by atoms with Crippen LogP contribution in [0.4, 0.5) is 0 Å². The Morgan fingerprint density at radius 1 is 1.15 bits per heavy atom. The largest absolute Gasteiger partial charge is 0.295 e. The van der Waals surface area contributed by atoms with Crippen molar-refractivity contribution in [2.75, 3.05) is 13.6 Å². The molecule has 20 heavy (non-hydrogen) atoms. The number of aryl methyl sites for hydroxylation is 1. The fraction of sp³-hybridized carbons (Fsp3) is 0.353. The van der Waals surface area contributed by atoms with Gasteiger partial charge in [0.05, 0.1) is 6.54 Å². The first-order valence-electron chi connectivity index (χ1n) is 7.01. The number of carbonyl (C=O) groups is 1. The minimum atomic E-state index is 0.186. The zero-order valence-corrected chi connectivity index (χ0v) is 13.0. The van der Waals surface area contributed by atoms with Gasteiger partial charge in [-0.15, -0.1) is 0 Å². The topological polar surface area (TPSA) is 20.3 Å². The number of benzene rings is 1. The van der Waals surface area contributed by atoms with Crippen LogP contribution in [-0.2, 0) is 13.0 Å². The van der Waals surface area contributed by atoms with Crippen LogP contribution in [0.15, 0.2) is 41.1 Å². The number of ketones is 1. The minimum absolute atomic E-state index is 0.186. The van der Waals surface area contributed by atoms with E-state index in [-0.39, 0.29) is 5.78 Å². The van der Waals surface area contributed by atoms with E-state index in [1.807, 2.05) is 19.2 Å². The first-order valence-corrected chi connectivity index (χ1v) is 7.95. The van der Waals surface area contributed by atoms with Gasteiger partial charge in [-0.2, -0.15) is 11.3 Å². The fourth-order valence-corrected chi connectivity index (χ4v) is 2.89. The van der Waals surface area contributed by atoms with Crippen LogP contribution in [0.1, 0.15) is 34.8 Å². The molecule has 3 heteroatoms. The molecule has 2 rings (SSSR count). The summed E-state index contributed by atoms with van der Waals surface area (Å²) in [5.41, 5.74) is 3.38. The number of Topliss-reactive ketones (excluding diaryl/α,β-unsaturated/α-hetero) is 1. The summed E-state index contributed by atoms with van der Waals surface area (Å²) in [6.45, 7) is 3.45. The smallest absolute Gasteiger partial charge is 0.176 e. The van der Waals surface area contributed by atoms with E-state index in [1.54, 1.807) is 11.3 Å². The second-order valence-corrected chi connectivity index (χ2v) is 5.95. The Morgan fingerprint density at radius 2 is 1.90 bits per heavy atom. The quantitative estimate of drug-likeness (QED) is 0.717. The molecule has 106 valence electrons. The van der Waals surface area contributed by atoms with Gasteiger partial charge < -0.3 is 0 Å². The summed E-state index contributed by atoms with van der Waals surface area (Å²) in [6.07, 6.45) is 2.21. The van der Waals surface area contributed by atoms with Gasteiger partial charge in [-0.25, -0.2) is 0 Å². The molecule has 0 bridgehead atoms. The normalized spacial score (nSPS) is 10.9. The van der Waals surface area contributed by atoms with Crippen LogP contribution >= 0.6 is 11.3 Å². The van der Waals surface area contributed by atoms with Crippen LogP contribution in [0.25, 0.3) is 0 Å². The monoisotopic (exact) mass is 287 g/mol. The Labute approximate surface area is 125 Å². The van der Waals surface area contributed by atoms with Crippen molar-refractivity contribution < 1.29 is 4.79 Å². The lowest BCUT2D eigenvalue weighted by Crippen LogP contribution is -2.25. The summed E-state index contributed by atoms with van der Waals surface area (Å²) < 4.78 is 0. The number of thiophene rings is 1. The van der Waals surface area contributed by atoms with Crippen molar-refractivity contribution in [1.29, 1.82) is 0 Å². The summed E-state index contributed by atoms with van der Waals surface area (Å²) in [6, 6.07) is 10.1. The Morgan fingerprint density at radius 3 is 2.50 bits per heavy atom. The molecular weight excluding hydrogens is 266 g/mol. The number of hydrogen-bond donors (Lipinski definition) is 0. The second kappa shape index (κ2) is 7.36. The molecule has 1 aromatic heterocycles. The molecule has 0 saturated heterocycles. The number of carbonyl (C=O) groups excluding carboxylic acids is 1. The van der Waals surface area contributed by atoms with Gasteiger partial charge in [0.15, 0.2) is 5.78 Å². The first kappa shape index (κ1) is 14.9. The molecule has 0 saturated carbocycles. The Hall–Kier alpha value is -1.45.